The Bertz CT molecular complexity index is 1690. The van der Waals surface area contributed by atoms with E-state index in [1.165, 1.54) is 18.4 Å². The van der Waals surface area contributed by atoms with E-state index in [4.69, 9.17) is 9.97 Å². The van der Waals surface area contributed by atoms with Crippen LogP contribution in [0.25, 0.3) is 16.6 Å². The number of aliphatic hydroxyl groups is 1. The van der Waals surface area contributed by atoms with Crippen molar-refractivity contribution in [1.29, 1.82) is 0 Å². The normalized spacial score (nSPS) is 24.9. The first-order valence-corrected chi connectivity index (χ1v) is 13.7. The fourth-order valence-corrected chi connectivity index (χ4v) is 6.19. The van der Waals surface area contributed by atoms with Crippen molar-refractivity contribution in [3.05, 3.63) is 95.6 Å². The van der Waals surface area contributed by atoms with Crippen molar-refractivity contribution < 1.29 is 5.11 Å². The average Bonchev–Trinajstić information content (AvgIpc) is 3.85. The van der Waals surface area contributed by atoms with Crippen molar-refractivity contribution in [3.8, 4) is 0 Å². The third kappa shape index (κ3) is 3.84. The molecule has 3 fully saturated rings. The number of β-amino-alcohol motifs (C(OH)–C–C–N with tert-alkyl or cyclic N) is 1. The zero-order valence-electron chi connectivity index (χ0n) is 21.4. The fraction of sp³-hybridized carbons (Fsp3) is 0.355. The predicted molar refractivity (Wildman–Crippen MR) is 146 cm³/mol. The van der Waals surface area contributed by atoms with Gasteiger partial charge in [-0.3, -0.25) is 4.98 Å². The van der Waals surface area contributed by atoms with Gasteiger partial charge < -0.3 is 14.4 Å². The zero-order valence-corrected chi connectivity index (χ0v) is 21.4. The maximum Gasteiger partial charge on any atom is 0.137 e. The molecule has 4 aromatic heterocycles. The van der Waals surface area contributed by atoms with Gasteiger partial charge in [0.05, 0.1) is 23.4 Å². The number of anilines is 1. The average molecular weight is 503 g/mol. The van der Waals surface area contributed by atoms with Crippen molar-refractivity contribution >= 4 is 22.2 Å². The smallest absolute Gasteiger partial charge is 0.137 e. The SMILES string of the molecule is Cc1ccnc([C@H]2C[C@@H]2c2ccc3ccc(N4C[C@@H](O)C[C@@H]4c4cn5cc(C6CC6)ccc5n4)cc3n2)n1. The van der Waals surface area contributed by atoms with Gasteiger partial charge in [-0.25, -0.2) is 15.0 Å². The first-order valence-electron chi connectivity index (χ1n) is 13.7. The molecule has 2 aliphatic carbocycles. The Morgan fingerprint density at radius 2 is 1.76 bits per heavy atom. The Balaban J connectivity index is 1.10. The summed E-state index contributed by atoms with van der Waals surface area (Å²) in [4.78, 5) is 21.5. The number of hydrogen-bond donors (Lipinski definition) is 1. The summed E-state index contributed by atoms with van der Waals surface area (Å²) >= 11 is 0. The highest BCUT2D eigenvalue weighted by Gasteiger charge is 2.43. The quantitative estimate of drug-likeness (QED) is 0.345. The number of imidazole rings is 1. The third-order valence-corrected chi connectivity index (χ3v) is 8.51. The van der Waals surface area contributed by atoms with Crippen LogP contribution in [0, 0.1) is 6.92 Å². The predicted octanol–water partition coefficient (Wildman–Crippen LogP) is 5.44. The van der Waals surface area contributed by atoms with Crippen LogP contribution in [0.1, 0.15) is 77.9 Å². The summed E-state index contributed by atoms with van der Waals surface area (Å²) < 4.78 is 2.16. The summed E-state index contributed by atoms with van der Waals surface area (Å²) in [6, 6.07) is 17.1. The summed E-state index contributed by atoms with van der Waals surface area (Å²) in [5.41, 5.74) is 7.55. The zero-order chi connectivity index (χ0) is 25.4. The van der Waals surface area contributed by atoms with E-state index in [-0.39, 0.29) is 12.1 Å². The lowest BCUT2D eigenvalue weighted by Crippen LogP contribution is -2.24. The van der Waals surface area contributed by atoms with Crippen LogP contribution in [0.2, 0.25) is 0 Å². The summed E-state index contributed by atoms with van der Waals surface area (Å²) in [5.74, 6) is 2.35. The van der Waals surface area contributed by atoms with Crippen LogP contribution in [0.3, 0.4) is 0 Å². The van der Waals surface area contributed by atoms with Gasteiger partial charge in [-0.15, -0.1) is 0 Å². The van der Waals surface area contributed by atoms with E-state index < -0.39 is 0 Å². The van der Waals surface area contributed by atoms with Crippen LogP contribution in [0.4, 0.5) is 5.69 Å². The minimum atomic E-state index is -0.386. The van der Waals surface area contributed by atoms with Crippen LogP contribution in [0.15, 0.2) is 67.1 Å². The van der Waals surface area contributed by atoms with Gasteiger partial charge in [-0.05, 0) is 68.0 Å². The van der Waals surface area contributed by atoms with Crippen LogP contribution in [-0.2, 0) is 0 Å². The molecule has 0 spiro atoms. The molecule has 2 saturated carbocycles. The second-order valence-electron chi connectivity index (χ2n) is 11.3. The van der Waals surface area contributed by atoms with E-state index in [0.29, 0.717) is 30.7 Å². The van der Waals surface area contributed by atoms with Gasteiger partial charge in [-0.1, -0.05) is 18.2 Å². The Labute approximate surface area is 221 Å². The second kappa shape index (κ2) is 8.33. The van der Waals surface area contributed by atoms with Crippen LogP contribution in [-0.4, -0.2) is 42.1 Å². The lowest BCUT2D eigenvalue weighted by atomic mass is 10.1. The number of aromatic nitrogens is 5. The molecule has 4 atom stereocenters. The maximum atomic E-state index is 10.7. The molecule has 38 heavy (non-hydrogen) atoms. The molecule has 1 aromatic carbocycles. The molecule has 0 bridgehead atoms. The molecule has 190 valence electrons. The molecule has 0 unspecified atom stereocenters. The number of nitrogens with zero attached hydrogens (tertiary/aromatic N) is 6. The number of fused-ring (bicyclic) bond motifs is 2. The van der Waals surface area contributed by atoms with Gasteiger partial charge in [0.1, 0.15) is 11.5 Å². The molecule has 1 N–H and O–H groups in total. The minimum absolute atomic E-state index is 0.0289. The summed E-state index contributed by atoms with van der Waals surface area (Å²) in [6.45, 7) is 2.60. The number of pyridine rings is 2. The lowest BCUT2D eigenvalue weighted by Gasteiger charge is -2.25. The van der Waals surface area contributed by atoms with Gasteiger partial charge in [0.2, 0.25) is 0 Å². The molecule has 1 aliphatic heterocycles. The topological polar surface area (TPSA) is 79.4 Å². The summed E-state index contributed by atoms with van der Waals surface area (Å²) in [6.07, 6.45) is 10.1. The maximum absolute atomic E-state index is 10.7. The summed E-state index contributed by atoms with van der Waals surface area (Å²) in [7, 11) is 0. The Morgan fingerprint density at radius 1 is 0.868 bits per heavy atom. The highest BCUT2D eigenvalue weighted by molar-refractivity contribution is 5.83. The number of benzene rings is 1. The molecule has 1 saturated heterocycles. The molecule has 5 aromatic rings. The number of hydrogen-bond acceptors (Lipinski definition) is 6. The highest BCUT2D eigenvalue weighted by Crippen LogP contribution is 2.53. The van der Waals surface area contributed by atoms with Crippen molar-refractivity contribution in [1.82, 2.24) is 24.3 Å². The molecule has 5 heterocycles. The van der Waals surface area contributed by atoms with Crippen molar-refractivity contribution in [2.45, 2.75) is 62.5 Å². The Kier molecular flexibility index (Phi) is 4.86. The lowest BCUT2D eigenvalue weighted by molar-refractivity contribution is 0.194. The van der Waals surface area contributed by atoms with Gasteiger partial charge in [-0.2, -0.15) is 0 Å². The van der Waals surface area contributed by atoms with Crippen molar-refractivity contribution in [3.63, 3.8) is 0 Å². The molecule has 0 amide bonds. The van der Waals surface area contributed by atoms with Crippen LogP contribution < -0.4 is 4.90 Å². The van der Waals surface area contributed by atoms with E-state index in [1.807, 2.05) is 19.2 Å². The largest absolute Gasteiger partial charge is 0.391 e. The van der Waals surface area contributed by atoms with Crippen LogP contribution >= 0.6 is 0 Å². The molecular formula is C31H30N6O. The molecular weight excluding hydrogens is 472 g/mol. The van der Waals surface area contributed by atoms with Crippen molar-refractivity contribution in [2.24, 2.45) is 0 Å². The standard InChI is InChI=1S/C31H30N6O/c1-18-10-11-32-31(33-18)25-14-24(25)26-8-5-20-4-7-22(12-27(20)34-26)37-16-23(38)13-29(37)28-17-36-15-21(19-2-3-19)6-9-30(36)35-28/h4-12,15,17,19,23-25,29,38H,2-3,13-14,16H2,1H3/t23-,24-,25-,29+/m0/s1. The first-order chi connectivity index (χ1) is 18.6. The molecule has 3 aliphatic rings. The Hall–Kier alpha value is -3.84. The van der Waals surface area contributed by atoms with Crippen molar-refractivity contribution in [2.75, 3.05) is 11.4 Å². The number of rotatable bonds is 5. The molecule has 7 nitrogen and oxygen atoms in total. The van der Waals surface area contributed by atoms with E-state index in [0.717, 1.165) is 51.6 Å². The fourth-order valence-electron chi connectivity index (χ4n) is 6.19. The van der Waals surface area contributed by atoms with E-state index >= 15 is 0 Å². The number of aryl methyl sites for hydroxylation is 1. The van der Waals surface area contributed by atoms with E-state index in [1.54, 1.807) is 0 Å². The number of aliphatic hydroxyl groups excluding tert-OH is 1. The van der Waals surface area contributed by atoms with Crippen LogP contribution in [0.5, 0.6) is 0 Å². The van der Waals surface area contributed by atoms with Gasteiger partial charge >= 0.3 is 0 Å². The van der Waals surface area contributed by atoms with E-state index in [2.05, 4.69) is 74.1 Å². The minimum Gasteiger partial charge on any atom is -0.391 e. The molecule has 0 radical (unpaired) electrons. The van der Waals surface area contributed by atoms with Gasteiger partial charge in [0.15, 0.2) is 0 Å². The van der Waals surface area contributed by atoms with E-state index in [9.17, 15) is 5.11 Å². The van der Waals surface area contributed by atoms with Gasteiger partial charge in [0, 0.05) is 65.9 Å². The molecule has 8 rings (SSSR count). The third-order valence-electron chi connectivity index (χ3n) is 8.51. The summed E-state index contributed by atoms with van der Waals surface area (Å²) in [5, 5.41) is 11.8. The van der Waals surface area contributed by atoms with Gasteiger partial charge in [0.25, 0.3) is 0 Å². The first kappa shape index (κ1) is 22.2. The monoisotopic (exact) mass is 502 g/mol. The second-order valence-corrected chi connectivity index (χ2v) is 11.3. The highest BCUT2D eigenvalue weighted by atomic mass is 16.3. The molecule has 7 heteroatoms. The Morgan fingerprint density at radius 3 is 2.63 bits per heavy atom.